The van der Waals surface area contributed by atoms with E-state index in [1.165, 1.54) is 25.0 Å². The van der Waals surface area contributed by atoms with E-state index >= 15 is 0 Å². The lowest BCUT2D eigenvalue weighted by molar-refractivity contribution is -0.132. The molecule has 0 amide bonds. The van der Waals surface area contributed by atoms with Crippen molar-refractivity contribution >= 4 is 11.6 Å². The molecule has 2 saturated carbocycles. The Hall–Kier alpha value is -1.12. The Balaban J connectivity index is 1.63. The van der Waals surface area contributed by atoms with Gasteiger partial charge in [0.1, 0.15) is 5.78 Å². The van der Waals surface area contributed by atoms with E-state index in [9.17, 15) is 9.59 Å². The van der Waals surface area contributed by atoms with Crippen LogP contribution in [0.5, 0.6) is 0 Å². The zero-order chi connectivity index (χ0) is 19.6. The van der Waals surface area contributed by atoms with Gasteiger partial charge in [0.25, 0.3) is 0 Å². The fraction of sp³-hybridized carbons (Fsp3) is 0.833. The first-order valence-electron chi connectivity index (χ1n) is 11.2. The summed E-state index contributed by atoms with van der Waals surface area (Å²) in [6, 6.07) is 0. The van der Waals surface area contributed by atoms with Gasteiger partial charge in [-0.1, -0.05) is 27.7 Å². The molecule has 0 bridgehead atoms. The van der Waals surface area contributed by atoms with Gasteiger partial charge in [0.15, 0.2) is 5.78 Å². The Morgan fingerprint density at radius 2 is 1.93 bits per heavy atom. The summed E-state index contributed by atoms with van der Waals surface area (Å²) >= 11 is 0. The smallest absolute Gasteiger partial charge is 0.157 e. The maximum absolute atomic E-state index is 13.0. The van der Waals surface area contributed by atoms with Crippen LogP contribution in [0.3, 0.4) is 0 Å². The minimum atomic E-state index is 0.146. The molecule has 3 aliphatic carbocycles. The van der Waals surface area contributed by atoms with Gasteiger partial charge in [-0.25, -0.2) is 0 Å². The maximum Gasteiger partial charge on any atom is 0.157 e. The third-order valence-electron chi connectivity index (χ3n) is 8.92. The van der Waals surface area contributed by atoms with Gasteiger partial charge in [-0.3, -0.25) is 9.59 Å². The summed E-state index contributed by atoms with van der Waals surface area (Å²) in [6.07, 6.45) is 9.11. The van der Waals surface area contributed by atoms with Crippen LogP contribution in [0.25, 0.3) is 0 Å². The number of Topliss-reactive ketones (excluding diaryl/α,β-unsaturated/α-hetero) is 1. The predicted octanol–water partition coefficient (Wildman–Crippen LogP) is 4.86. The second kappa shape index (κ2) is 6.46. The molecule has 1 aliphatic heterocycles. The third kappa shape index (κ3) is 2.83. The quantitative estimate of drug-likeness (QED) is 0.711. The lowest BCUT2D eigenvalue weighted by Gasteiger charge is -2.60. The Bertz CT molecular complexity index is 680. The predicted molar refractivity (Wildman–Crippen MR) is 108 cm³/mol. The number of carbonyl (C=O) groups excluding carboxylic acids is 2. The van der Waals surface area contributed by atoms with Crippen LogP contribution in [0.2, 0.25) is 0 Å². The van der Waals surface area contributed by atoms with Crippen LogP contribution < -0.4 is 0 Å². The fourth-order valence-electron chi connectivity index (χ4n) is 7.64. The average molecular weight is 372 g/mol. The van der Waals surface area contributed by atoms with E-state index in [1.807, 2.05) is 6.08 Å². The molecule has 1 saturated heterocycles. The fourth-order valence-corrected chi connectivity index (χ4v) is 7.64. The second-order valence-corrected chi connectivity index (χ2v) is 10.9. The van der Waals surface area contributed by atoms with Crippen molar-refractivity contribution in [3.05, 3.63) is 11.8 Å². The summed E-state index contributed by atoms with van der Waals surface area (Å²) in [5.41, 5.74) is 1.62. The van der Waals surface area contributed by atoms with Crippen molar-refractivity contribution in [2.75, 3.05) is 13.6 Å². The monoisotopic (exact) mass is 371 g/mol. The molecule has 4 aliphatic rings. The van der Waals surface area contributed by atoms with Crippen LogP contribution in [-0.2, 0) is 9.59 Å². The summed E-state index contributed by atoms with van der Waals surface area (Å²) in [5.74, 6) is 3.56. The molecule has 0 N–H and O–H groups in total. The Kier molecular flexibility index (Phi) is 4.59. The molecule has 3 heteroatoms. The number of allylic oxidation sites excluding steroid dienone is 2. The van der Waals surface area contributed by atoms with E-state index in [4.69, 9.17) is 0 Å². The summed E-state index contributed by atoms with van der Waals surface area (Å²) in [6.45, 7) is 10.2. The number of ketones is 2. The number of nitrogens with zero attached hydrogens (tertiary/aromatic N) is 1. The highest BCUT2D eigenvalue weighted by molar-refractivity contribution is 5.91. The third-order valence-corrected chi connectivity index (χ3v) is 8.92. The van der Waals surface area contributed by atoms with Crippen LogP contribution in [0, 0.1) is 40.4 Å². The topological polar surface area (TPSA) is 37.4 Å². The van der Waals surface area contributed by atoms with Gasteiger partial charge < -0.3 is 4.90 Å². The molecule has 0 spiro atoms. The lowest BCUT2D eigenvalue weighted by atomic mass is 9.49. The number of likely N-dealkylation sites (tertiary alicyclic amines) is 1. The van der Waals surface area contributed by atoms with Crippen LogP contribution in [0.1, 0.15) is 72.6 Å². The molecule has 150 valence electrons. The molecular formula is C24H37NO2. The summed E-state index contributed by atoms with van der Waals surface area (Å²) in [5, 5.41) is 0. The van der Waals surface area contributed by atoms with Crippen molar-refractivity contribution in [2.24, 2.45) is 40.4 Å². The molecule has 4 rings (SSSR count). The van der Waals surface area contributed by atoms with E-state index in [-0.39, 0.29) is 16.7 Å². The van der Waals surface area contributed by atoms with Crippen molar-refractivity contribution in [2.45, 2.75) is 72.6 Å². The number of fused-ring (bicyclic) bond motifs is 5. The highest BCUT2D eigenvalue weighted by Crippen LogP contribution is 2.65. The van der Waals surface area contributed by atoms with Crippen LogP contribution in [0.15, 0.2) is 11.8 Å². The van der Waals surface area contributed by atoms with Gasteiger partial charge in [0, 0.05) is 49.5 Å². The number of hydrogen-bond acceptors (Lipinski definition) is 3. The van der Waals surface area contributed by atoms with Gasteiger partial charge in [0.05, 0.1) is 0 Å². The summed E-state index contributed by atoms with van der Waals surface area (Å²) in [7, 11) is 2.18. The van der Waals surface area contributed by atoms with E-state index in [2.05, 4.69) is 39.6 Å². The number of carbonyl (C=O) groups is 2. The molecule has 3 nitrogen and oxygen atoms in total. The van der Waals surface area contributed by atoms with Gasteiger partial charge in [-0.2, -0.15) is 0 Å². The molecular weight excluding hydrogens is 334 g/mol. The molecule has 1 heterocycles. The van der Waals surface area contributed by atoms with Crippen molar-refractivity contribution < 1.29 is 9.59 Å². The largest absolute Gasteiger partial charge is 0.377 e. The van der Waals surface area contributed by atoms with Gasteiger partial charge in [-0.05, 0) is 61.2 Å². The van der Waals surface area contributed by atoms with Crippen molar-refractivity contribution in [1.82, 2.24) is 4.90 Å². The first kappa shape index (κ1) is 19.2. The Morgan fingerprint density at radius 3 is 2.63 bits per heavy atom. The maximum atomic E-state index is 13.0. The minimum Gasteiger partial charge on any atom is -0.377 e. The first-order valence-corrected chi connectivity index (χ1v) is 11.2. The number of rotatable bonds is 3. The Morgan fingerprint density at radius 1 is 1.19 bits per heavy atom. The van der Waals surface area contributed by atoms with E-state index in [1.54, 1.807) is 0 Å². The summed E-state index contributed by atoms with van der Waals surface area (Å²) in [4.78, 5) is 27.5. The standard InChI is InChI=1S/C24H37NO2/c1-15(2)12-21(27)20-7-6-18-17-14-25(5)22-13-16(26)8-10-24(22,4)19(17)9-11-23(18,20)3/h13,15,17-20H,6-12,14H2,1-5H3/t17-,18-,19+,20?,23-,24+/m0/s1. The zero-order valence-corrected chi connectivity index (χ0v) is 17.9. The van der Waals surface area contributed by atoms with Crippen LogP contribution >= 0.6 is 0 Å². The minimum absolute atomic E-state index is 0.146. The molecule has 0 radical (unpaired) electrons. The number of hydrogen-bond donors (Lipinski definition) is 0. The van der Waals surface area contributed by atoms with Gasteiger partial charge in [-0.15, -0.1) is 0 Å². The van der Waals surface area contributed by atoms with Crippen molar-refractivity contribution in [1.29, 1.82) is 0 Å². The molecule has 27 heavy (non-hydrogen) atoms. The highest BCUT2D eigenvalue weighted by Gasteiger charge is 2.60. The van der Waals surface area contributed by atoms with Gasteiger partial charge >= 0.3 is 0 Å². The lowest BCUT2D eigenvalue weighted by Crippen LogP contribution is -2.57. The molecule has 1 unspecified atom stereocenters. The second-order valence-electron chi connectivity index (χ2n) is 10.9. The SMILES string of the molecule is CC(C)CC(=O)C1CC[C@H]2[C@@H]3CN(C)C4=CC(=O)CC[C@]4(C)[C@@H]3CC[C@]12C. The van der Waals surface area contributed by atoms with Gasteiger partial charge in [0.2, 0.25) is 0 Å². The molecule has 6 atom stereocenters. The van der Waals surface area contributed by atoms with Crippen molar-refractivity contribution in [3.63, 3.8) is 0 Å². The van der Waals surface area contributed by atoms with Crippen LogP contribution in [0.4, 0.5) is 0 Å². The Labute approximate surface area is 165 Å². The van der Waals surface area contributed by atoms with E-state index in [0.29, 0.717) is 41.7 Å². The van der Waals surface area contributed by atoms with Crippen molar-refractivity contribution in [3.8, 4) is 0 Å². The highest BCUT2D eigenvalue weighted by atomic mass is 16.1. The molecule has 3 fully saturated rings. The van der Waals surface area contributed by atoms with Crippen LogP contribution in [-0.4, -0.2) is 30.1 Å². The molecule has 0 aromatic carbocycles. The zero-order valence-electron chi connectivity index (χ0n) is 17.9. The summed E-state index contributed by atoms with van der Waals surface area (Å²) < 4.78 is 0. The van der Waals surface area contributed by atoms with E-state index in [0.717, 1.165) is 25.8 Å². The average Bonchev–Trinajstić information content (AvgIpc) is 2.93. The first-order chi connectivity index (χ1) is 12.7. The normalized spacial score (nSPS) is 43.9. The van der Waals surface area contributed by atoms with E-state index < -0.39 is 0 Å². The molecule has 0 aromatic heterocycles. The number of piperidine rings is 1. The molecule has 0 aromatic rings.